The average molecular weight is 412 g/mol. The summed E-state index contributed by atoms with van der Waals surface area (Å²) in [5, 5.41) is 12.1. The van der Waals surface area contributed by atoms with Crippen LogP contribution in [0.2, 0.25) is 0 Å². The van der Waals surface area contributed by atoms with Crippen molar-refractivity contribution in [3.63, 3.8) is 0 Å². The van der Waals surface area contributed by atoms with Crippen LogP contribution in [0.15, 0.2) is 39.9 Å². The molecule has 0 bridgehead atoms. The number of unbranched alkanes of at least 4 members (excludes halogenated alkanes) is 1. The molecule has 0 fully saturated rings. The van der Waals surface area contributed by atoms with E-state index in [9.17, 15) is 14.4 Å². The normalized spacial score (nSPS) is 10.9. The summed E-state index contributed by atoms with van der Waals surface area (Å²) in [6.07, 6.45) is 1.55. The van der Waals surface area contributed by atoms with Gasteiger partial charge in [-0.05, 0) is 18.6 Å². The number of aromatic nitrogens is 6. The minimum Gasteiger partial charge on any atom is -0.383 e. The van der Waals surface area contributed by atoms with Gasteiger partial charge >= 0.3 is 5.69 Å². The van der Waals surface area contributed by atoms with E-state index in [-0.39, 0.29) is 24.6 Å². The number of nitrogen functional groups attached to an aromatic ring is 1. The number of likely N-dealkylation sites (N-methyl/N-ethyl adjacent to an activating group) is 1. The smallest absolute Gasteiger partial charge is 0.330 e. The summed E-state index contributed by atoms with van der Waals surface area (Å²) in [6.45, 7) is 3.98. The highest BCUT2D eigenvalue weighted by Crippen LogP contribution is 2.18. The zero-order chi connectivity index (χ0) is 21.7. The zero-order valence-electron chi connectivity index (χ0n) is 16.9. The van der Waals surface area contributed by atoms with E-state index in [0.29, 0.717) is 18.8 Å². The largest absolute Gasteiger partial charge is 0.383 e. The number of H-pyrrole nitrogens is 1. The predicted molar refractivity (Wildman–Crippen MR) is 112 cm³/mol. The number of nitrogens with zero attached hydrogens (tertiary/aromatic N) is 6. The molecule has 3 rings (SSSR count). The quantitative estimate of drug-likeness (QED) is 0.552. The summed E-state index contributed by atoms with van der Waals surface area (Å²) in [6, 6.07) is 9.24. The second kappa shape index (κ2) is 9.16. The summed E-state index contributed by atoms with van der Waals surface area (Å²) in [4.78, 5) is 42.1. The second-order valence-corrected chi connectivity index (χ2v) is 6.65. The predicted octanol–water partition coefficient (Wildman–Crippen LogP) is 0.626. The third kappa shape index (κ3) is 4.29. The fourth-order valence-corrected chi connectivity index (χ4v) is 3.05. The van der Waals surface area contributed by atoms with Crippen LogP contribution in [0.5, 0.6) is 0 Å². The van der Waals surface area contributed by atoms with Crippen molar-refractivity contribution < 1.29 is 4.79 Å². The SMILES string of the molecule is CCCCn1c(N)c(N(CC)C(=O)Cn2nnc(-c3ccccc3)n2)c(=O)[nH]c1=O. The topological polar surface area (TPSA) is 145 Å². The third-order valence-electron chi connectivity index (χ3n) is 4.60. The Morgan fingerprint density at radius 1 is 1.20 bits per heavy atom. The zero-order valence-corrected chi connectivity index (χ0v) is 16.9. The summed E-state index contributed by atoms with van der Waals surface area (Å²) in [5.41, 5.74) is 5.52. The van der Waals surface area contributed by atoms with Gasteiger partial charge in [-0.2, -0.15) is 4.80 Å². The summed E-state index contributed by atoms with van der Waals surface area (Å²) >= 11 is 0. The van der Waals surface area contributed by atoms with Gasteiger partial charge < -0.3 is 10.6 Å². The van der Waals surface area contributed by atoms with Gasteiger partial charge in [-0.15, -0.1) is 10.2 Å². The maximum atomic E-state index is 12.9. The first-order valence-electron chi connectivity index (χ1n) is 9.72. The Hall–Kier alpha value is -3.76. The van der Waals surface area contributed by atoms with Crippen molar-refractivity contribution in [2.75, 3.05) is 17.2 Å². The van der Waals surface area contributed by atoms with Gasteiger partial charge in [0.15, 0.2) is 5.69 Å². The Balaban J connectivity index is 1.88. The monoisotopic (exact) mass is 412 g/mol. The van der Waals surface area contributed by atoms with Gasteiger partial charge in [-0.3, -0.25) is 19.1 Å². The van der Waals surface area contributed by atoms with E-state index in [0.717, 1.165) is 16.8 Å². The molecule has 2 heterocycles. The van der Waals surface area contributed by atoms with E-state index in [1.807, 2.05) is 37.3 Å². The molecule has 3 N–H and O–H groups in total. The van der Waals surface area contributed by atoms with Crippen LogP contribution >= 0.6 is 0 Å². The fourth-order valence-electron chi connectivity index (χ4n) is 3.05. The van der Waals surface area contributed by atoms with Crippen molar-refractivity contribution >= 4 is 17.4 Å². The van der Waals surface area contributed by atoms with E-state index < -0.39 is 17.2 Å². The van der Waals surface area contributed by atoms with Crippen LogP contribution in [0, 0.1) is 0 Å². The fraction of sp³-hybridized carbons (Fsp3) is 0.368. The van der Waals surface area contributed by atoms with Gasteiger partial charge in [0.1, 0.15) is 12.4 Å². The van der Waals surface area contributed by atoms with Crippen LogP contribution < -0.4 is 21.9 Å². The molecule has 0 spiro atoms. The maximum Gasteiger partial charge on any atom is 0.330 e. The van der Waals surface area contributed by atoms with Gasteiger partial charge in [0.25, 0.3) is 11.5 Å². The number of carbonyl (C=O) groups excluding carboxylic acids is 1. The number of nitrogens with one attached hydrogen (secondary N) is 1. The molecular weight excluding hydrogens is 388 g/mol. The molecule has 0 aliphatic heterocycles. The average Bonchev–Trinajstić information content (AvgIpc) is 3.20. The van der Waals surface area contributed by atoms with Crippen molar-refractivity contribution in [1.29, 1.82) is 0 Å². The minimum atomic E-state index is -0.711. The molecule has 1 amide bonds. The molecule has 30 heavy (non-hydrogen) atoms. The number of hydrogen-bond acceptors (Lipinski definition) is 7. The number of aromatic amines is 1. The van der Waals surface area contributed by atoms with Gasteiger partial charge in [0, 0.05) is 18.7 Å². The number of benzene rings is 1. The number of tetrazole rings is 1. The molecule has 3 aromatic rings. The molecule has 0 aliphatic rings. The molecule has 0 radical (unpaired) electrons. The lowest BCUT2D eigenvalue weighted by Gasteiger charge is -2.22. The second-order valence-electron chi connectivity index (χ2n) is 6.65. The highest BCUT2D eigenvalue weighted by Gasteiger charge is 2.24. The number of rotatable bonds is 8. The van der Waals surface area contributed by atoms with Gasteiger partial charge in [-0.1, -0.05) is 43.7 Å². The van der Waals surface area contributed by atoms with E-state index >= 15 is 0 Å². The molecule has 0 saturated carbocycles. The highest BCUT2D eigenvalue weighted by atomic mass is 16.2. The standard InChI is InChI=1S/C19H24N8O3/c1-3-5-11-26-16(20)15(18(29)21-19(26)30)25(4-2)14(28)12-27-23-17(22-24-27)13-9-7-6-8-10-13/h6-10H,3-5,11-12,20H2,1-2H3,(H,21,29,30). The van der Waals surface area contributed by atoms with Crippen LogP contribution in [0.25, 0.3) is 11.4 Å². The van der Waals surface area contributed by atoms with Crippen molar-refractivity contribution in [2.24, 2.45) is 0 Å². The Morgan fingerprint density at radius 3 is 2.60 bits per heavy atom. The molecule has 0 unspecified atom stereocenters. The Labute approximate surface area is 172 Å². The number of nitrogens with two attached hydrogens (primary N) is 1. The van der Waals surface area contributed by atoms with Crippen LogP contribution in [-0.4, -0.2) is 42.2 Å². The molecule has 0 atom stereocenters. The molecule has 2 aromatic heterocycles. The van der Waals surface area contributed by atoms with Gasteiger partial charge in [0.05, 0.1) is 0 Å². The van der Waals surface area contributed by atoms with Crippen LogP contribution in [0.4, 0.5) is 11.5 Å². The summed E-state index contributed by atoms with van der Waals surface area (Å²) in [7, 11) is 0. The lowest BCUT2D eigenvalue weighted by Crippen LogP contribution is -2.42. The lowest BCUT2D eigenvalue weighted by molar-refractivity contribution is -0.119. The van der Waals surface area contributed by atoms with E-state index in [1.54, 1.807) is 6.92 Å². The van der Waals surface area contributed by atoms with E-state index in [1.165, 1.54) is 9.47 Å². The first-order chi connectivity index (χ1) is 14.5. The molecular formula is C19H24N8O3. The minimum absolute atomic E-state index is 0.0380. The van der Waals surface area contributed by atoms with Gasteiger partial charge in [-0.25, -0.2) is 4.79 Å². The molecule has 11 nitrogen and oxygen atoms in total. The van der Waals surface area contributed by atoms with Gasteiger partial charge in [0.2, 0.25) is 5.82 Å². The molecule has 1 aromatic carbocycles. The van der Waals surface area contributed by atoms with Crippen molar-refractivity contribution in [3.8, 4) is 11.4 Å². The lowest BCUT2D eigenvalue weighted by atomic mass is 10.2. The maximum absolute atomic E-state index is 12.9. The van der Waals surface area contributed by atoms with Crippen molar-refractivity contribution in [3.05, 3.63) is 51.2 Å². The molecule has 11 heteroatoms. The van der Waals surface area contributed by atoms with Crippen molar-refractivity contribution in [1.82, 2.24) is 29.8 Å². The van der Waals surface area contributed by atoms with Crippen LogP contribution in [-0.2, 0) is 17.9 Å². The number of hydrogen-bond donors (Lipinski definition) is 2. The van der Waals surface area contributed by atoms with Crippen molar-refractivity contribution in [2.45, 2.75) is 39.8 Å². The molecule has 158 valence electrons. The highest BCUT2D eigenvalue weighted by molar-refractivity contribution is 5.95. The number of carbonyl (C=O) groups is 1. The third-order valence-corrected chi connectivity index (χ3v) is 4.60. The van der Waals surface area contributed by atoms with Crippen LogP contribution in [0.3, 0.4) is 0 Å². The van der Waals surface area contributed by atoms with E-state index in [2.05, 4.69) is 20.4 Å². The summed E-state index contributed by atoms with van der Waals surface area (Å²) in [5.74, 6) is -0.103. The Kier molecular flexibility index (Phi) is 6.40. The Bertz CT molecular complexity index is 1130. The number of anilines is 2. The molecule has 0 saturated heterocycles. The Morgan fingerprint density at radius 2 is 1.93 bits per heavy atom. The summed E-state index contributed by atoms with van der Waals surface area (Å²) < 4.78 is 1.28. The van der Waals surface area contributed by atoms with Crippen LogP contribution in [0.1, 0.15) is 26.7 Å². The first kappa shape index (κ1) is 21.0. The van der Waals surface area contributed by atoms with E-state index in [4.69, 9.17) is 5.73 Å². The molecule has 0 aliphatic carbocycles. The first-order valence-corrected chi connectivity index (χ1v) is 9.72. The number of amides is 1.